The molecule has 138 valence electrons. The lowest BCUT2D eigenvalue weighted by molar-refractivity contribution is 0.0697. The van der Waals surface area contributed by atoms with E-state index in [-0.39, 0.29) is 23.9 Å². The molecule has 0 amide bonds. The van der Waals surface area contributed by atoms with Crippen LogP contribution in [0.15, 0.2) is 18.2 Å². The van der Waals surface area contributed by atoms with Crippen molar-refractivity contribution in [2.45, 2.75) is 46.0 Å². The maximum atomic E-state index is 12.9. The van der Waals surface area contributed by atoms with Gasteiger partial charge in [0.2, 0.25) is 0 Å². The molecule has 1 aliphatic carbocycles. The molecular weight excluding hydrogens is 330 g/mol. The van der Waals surface area contributed by atoms with Gasteiger partial charge < -0.3 is 10.2 Å². The number of nitrogens with zero attached hydrogens (tertiary/aromatic N) is 1. The molecule has 26 heavy (non-hydrogen) atoms. The molecule has 1 aromatic carbocycles. The number of benzene rings is 1. The fraction of sp³-hybridized carbons (Fsp3) is 0.476. The highest BCUT2D eigenvalue weighted by molar-refractivity contribution is 6.07. The van der Waals surface area contributed by atoms with Gasteiger partial charge in [0.05, 0.1) is 11.1 Å². The summed E-state index contributed by atoms with van der Waals surface area (Å²) >= 11 is 0. The Bertz CT molecular complexity index is 851. The molecule has 5 heteroatoms. The van der Waals surface area contributed by atoms with E-state index in [2.05, 4.69) is 4.98 Å². The van der Waals surface area contributed by atoms with Crippen LogP contribution in [0, 0.1) is 18.8 Å². The van der Waals surface area contributed by atoms with E-state index in [1.807, 2.05) is 13.8 Å². The number of carbonyl (C=O) groups excluding carboxylic acids is 1. The standard InChI is InChI=1S/C21H25NO4/c1-3-16-12(2)22-18-9-8-15(10-17(18)19(16)21(25)26)20(24)14-6-4-13(11-23)5-7-14/h8-10,13-14,23H,3-7,11H2,1-2H3,(H,25,26). The molecular formula is C21H25NO4. The third-order valence-corrected chi connectivity index (χ3v) is 5.62. The van der Waals surface area contributed by atoms with Crippen LogP contribution in [0.3, 0.4) is 0 Å². The smallest absolute Gasteiger partial charge is 0.336 e. The van der Waals surface area contributed by atoms with Crippen LogP contribution in [0.1, 0.15) is 64.6 Å². The van der Waals surface area contributed by atoms with E-state index >= 15 is 0 Å². The van der Waals surface area contributed by atoms with E-state index < -0.39 is 5.97 Å². The van der Waals surface area contributed by atoms with Crippen LogP contribution in [0.5, 0.6) is 0 Å². The van der Waals surface area contributed by atoms with Crippen LogP contribution in [-0.2, 0) is 6.42 Å². The summed E-state index contributed by atoms with van der Waals surface area (Å²) < 4.78 is 0. The molecule has 0 radical (unpaired) electrons. The van der Waals surface area contributed by atoms with E-state index in [0.717, 1.165) is 36.9 Å². The van der Waals surface area contributed by atoms with Crippen LogP contribution in [0.25, 0.3) is 10.9 Å². The van der Waals surface area contributed by atoms with Crippen LogP contribution < -0.4 is 0 Å². The minimum absolute atomic E-state index is 0.0485. The van der Waals surface area contributed by atoms with Crippen molar-refractivity contribution in [1.29, 1.82) is 0 Å². The molecule has 0 saturated heterocycles. The molecule has 1 fully saturated rings. The first-order chi connectivity index (χ1) is 12.5. The summed E-state index contributed by atoms with van der Waals surface area (Å²) in [5.74, 6) is -0.662. The SMILES string of the molecule is CCc1c(C)nc2ccc(C(=O)C3CCC(CO)CC3)cc2c1C(=O)O. The van der Waals surface area contributed by atoms with Crippen molar-refractivity contribution in [3.63, 3.8) is 0 Å². The number of carboxylic acid groups (broad SMARTS) is 1. The Hall–Kier alpha value is -2.27. The molecule has 1 aromatic heterocycles. The minimum atomic E-state index is -0.981. The maximum Gasteiger partial charge on any atom is 0.336 e. The van der Waals surface area contributed by atoms with Gasteiger partial charge >= 0.3 is 5.97 Å². The molecule has 2 aromatic rings. The molecule has 1 aliphatic rings. The number of hydrogen-bond donors (Lipinski definition) is 2. The van der Waals surface area contributed by atoms with Gasteiger partial charge in [-0.15, -0.1) is 0 Å². The van der Waals surface area contributed by atoms with Gasteiger partial charge in [0.15, 0.2) is 5.78 Å². The number of aliphatic hydroxyl groups excluding tert-OH is 1. The molecule has 1 saturated carbocycles. The fourth-order valence-electron chi connectivity index (χ4n) is 4.10. The van der Waals surface area contributed by atoms with Gasteiger partial charge in [-0.2, -0.15) is 0 Å². The largest absolute Gasteiger partial charge is 0.478 e. The van der Waals surface area contributed by atoms with Gasteiger partial charge in [-0.25, -0.2) is 4.79 Å². The Labute approximate surface area is 153 Å². The first-order valence-electron chi connectivity index (χ1n) is 9.27. The average molecular weight is 355 g/mol. The van der Waals surface area contributed by atoms with E-state index in [0.29, 0.717) is 28.8 Å². The van der Waals surface area contributed by atoms with Crippen molar-refractivity contribution in [3.8, 4) is 0 Å². The van der Waals surface area contributed by atoms with Crippen molar-refractivity contribution < 1.29 is 19.8 Å². The third kappa shape index (κ3) is 3.36. The third-order valence-electron chi connectivity index (χ3n) is 5.62. The van der Waals surface area contributed by atoms with E-state index in [1.165, 1.54) is 0 Å². The van der Waals surface area contributed by atoms with Gasteiger partial charge in [0.1, 0.15) is 0 Å². The van der Waals surface area contributed by atoms with Crippen molar-refractivity contribution >= 4 is 22.7 Å². The first kappa shape index (κ1) is 18.5. The fourth-order valence-corrected chi connectivity index (χ4v) is 4.10. The summed E-state index contributed by atoms with van der Waals surface area (Å²) in [5, 5.41) is 19.5. The zero-order chi connectivity index (χ0) is 18.8. The number of aromatic carboxylic acids is 1. The highest BCUT2D eigenvalue weighted by atomic mass is 16.4. The van der Waals surface area contributed by atoms with Crippen LogP contribution >= 0.6 is 0 Å². The molecule has 0 spiro atoms. The second kappa shape index (κ2) is 7.54. The molecule has 5 nitrogen and oxygen atoms in total. The number of fused-ring (bicyclic) bond motifs is 1. The van der Waals surface area contributed by atoms with Gasteiger partial charge in [-0.3, -0.25) is 9.78 Å². The minimum Gasteiger partial charge on any atom is -0.478 e. The van der Waals surface area contributed by atoms with Crippen LogP contribution in [-0.4, -0.2) is 33.6 Å². The monoisotopic (exact) mass is 355 g/mol. The molecule has 0 bridgehead atoms. The highest BCUT2D eigenvalue weighted by Gasteiger charge is 2.27. The van der Waals surface area contributed by atoms with Crippen molar-refractivity contribution in [2.24, 2.45) is 11.8 Å². The normalized spacial score (nSPS) is 20.3. The summed E-state index contributed by atoms with van der Waals surface area (Å²) in [5.41, 5.74) is 2.86. The summed E-state index contributed by atoms with van der Waals surface area (Å²) in [4.78, 5) is 29.3. The predicted octanol–water partition coefficient (Wildman–Crippen LogP) is 3.79. The number of hydrogen-bond acceptors (Lipinski definition) is 4. The molecule has 0 unspecified atom stereocenters. The lowest BCUT2D eigenvalue weighted by Crippen LogP contribution is -2.23. The van der Waals surface area contributed by atoms with Gasteiger partial charge in [0.25, 0.3) is 0 Å². The summed E-state index contributed by atoms with van der Waals surface area (Å²) in [6, 6.07) is 5.21. The Balaban J connectivity index is 2.01. The summed E-state index contributed by atoms with van der Waals surface area (Å²) in [6.07, 6.45) is 3.86. The first-order valence-corrected chi connectivity index (χ1v) is 9.27. The molecule has 3 rings (SSSR count). The Morgan fingerprint density at radius 2 is 1.88 bits per heavy atom. The van der Waals surface area contributed by atoms with Crippen molar-refractivity contribution in [1.82, 2.24) is 4.98 Å². The van der Waals surface area contributed by atoms with Crippen molar-refractivity contribution in [2.75, 3.05) is 6.61 Å². The number of ketones is 1. The zero-order valence-electron chi connectivity index (χ0n) is 15.3. The number of pyridine rings is 1. The average Bonchev–Trinajstić information content (AvgIpc) is 2.65. The molecule has 2 N–H and O–H groups in total. The predicted molar refractivity (Wildman–Crippen MR) is 99.7 cm³/mol. The summed E-state index contributed by atoms with van der Waals surface area (Å²) in [7, 11) is 0. The van der Waals surface area contributed by atoms with Gasteiger partial charge in [-0.05, 0) is 68.7 Å². The number of carboxylic acids is 1. The second-order valence-corrected chi connectivity index (χ2v) is 7.21. The Morgan fingerprint density at radius 1 is 1.19 bits per heavy atom. The van der Waals surface area contributed by atoms with Gasteiger partial charge in [0, 0.05) is 29.2 Å². The van der Waals surface area contributed by atoms with E-state index in [1.54, 1.807) is 18.2 Å². The number of aliphatic hydroxyl groups is 1. The summed E-state index contributed by atoms with van der Waals surface area (Å²) in [6.45, 7) is 3.92. The Kier molecular flexibility index (Phi) is 5.37. The maximum absolute atomic E-state index is 12.9. The van der Waals surface area contributed by atoms with E-state index in [9.17, 15) is 19.8 Å². The topological polar surface area (TPSA) is 87.5 Å². The molecule has 0 atom stereocenters. The van der Waals surface area contributed by atoms with Crippen LogP contribution in [0.4, 0.5) is 0 Å². The van der Waals surface area contributed by atoms with E-state index in [4.69, 9.17) is 0 Å². The lowest BCUT2D eigenvalue weighted by atomic mass is 9.79. The Morgan fingerprint density at radius 3 is 2.46 bits per heavy atom. The highest BCUT2D eigenvalue weighted by Crippen LogP contribution is 2.32. The van der Waals surface area contributed by atoms with Gasteiger partial charge in [-0.1, -0.05) is 6.92 Å². The molecule has 0 aliphatic heterocycles. The van der Waals surface area contributed by atoms with Crippen molar-refractivity contribution in [3.05, 3.63) is 40.6 Å². The molecule has 1 heterocycles. The second-order valence-electron chi connectivity index (χ2n) is 7.21. The number of carbonyl (C=O) groups is 2. The van der Waals surface area contributed by atoms with Crippen LogP contribution in [0.2, 0.25) is 0 Å². The number of aryl methyl sites for hydroxylation is 1. The lowest BCUT2D eigenvalue weighted by Gasteiger charge is -2.26. The number of rotatable bonds is 5. The zero-order valence-corrected chi connectivity index (χ0v) is 15.3. The number of aromatic nitrogens is 1. The number of Topliss-reactive ketones (excluding diaryl/α,β-unsaturated/α-hetero) is 1. The quantitative estimate of drug-likeness (QED) is 0.797.